The van der Waals surface area contributed by atoms with Gasteiger partial charge in [-0.2, -0.15) is 0 Å². The monoisotopic (exact) mass is 446 g/mol. The number of aromatic nitrogens is 3. The van der Waals surface area contributed by atoms with Crippen LogP contribution in [0.15, 0.2) is 24.4 Å². The Balaban J connectivity index is 0.00000150. The molecule has 160 valence electrons. The fourth-order valence-electron chi connectivity index (χ4n) is 3.48. The molecule has 1 aromatic heterocycles. The standard InChI is InChI=1S/C18H23FN6O2.2ClH/c19-13-9-14(11-16(10-13)24-5-7-27-8-6-24)21-18(26)17-12-25(23-22-17)15-1-3-20-4-2-15;;/h9-12,15,20H,1-8H2,(H,21,26);2*1H. The third-order valence-electron chi connectivity index (χ3n) is 4.94. The van der Waals surface area contributed by atoms with Gasteiger partial charge in [0, 0.05) is 24.5 Å². The van der Waals surface area contributed by atoms with Crippen LogP contribution < -0.4 is 15.5 Å². The lowest BCUT2D eigenvalue weighted by atomic mass is 10.1. The highest BCUT2D eigenvalue weighted by molar-refractivity contribution is 6.02. The first-order chi connectivity index (χ1) is 13.2. The number of nitrogens with zero attached hydrogens (tertiary/aromatic N) is 4. The maximum Gasteiger partial charge on any atom is 0.277 e. The van der Waals surface area contributed by atoms with Crippen molar-refractivity contribution in [2.75, 3.05) is 49.6 Å². The van der Waals surface area contributed by atoms with Crippen molar-refractivity contribution in [3.63, 3.8) is 0 Å². The van der Waals surface area contributed by atoms with Gasteiger partial charge in [-0.25, -0.2) is 9.07 Å². The molecule has 0 radical (unpaired) electrons. The molecule has 0 aliphatic carbocycles. The van der Waals surface area contributed by atoms with Crippen molar-refractivity contribution in [3.05, 3.63) is 35.9 Å². The number of carbonyl (C=O) groups is 1. The summed E-state index contributed by atoms with van der Waals surface area (Å²) in [5, 5.41) is 14.1. The average Bonchev–Trinajstić information content (AvgIpc) is 3.19. The molecule has 2 aliphatic rings. The molecule has 4 rings (SSSR count). The molecule has 0 unspecified atom stereocenters. The number of hydrogen-bond acceptors (Lipinski definition) is 6. The first-order valence-corrected chi connectivity index (χ1v) is 9.26. The third kappa shape index (κ3) is 5.79. The summed E-state index contributed by atoms with van der Waals surface area (Å²) in [7, 11) is 0. The van der Waals surface area contributed by atoms with Crippen molar-refractivity contribution in [2.24, 2.45) is 0 Å². The summed E-state index contributed by atoms with van der Waals surface area (Å²) in [6.07, 6.45) is 3.57. The topological polar surface area (TPSA) is 84.3 Å². The molecular formula is C18H25Cl2FN6O2. The molecule has 2 N–H and O–H groups in total. The Kier molecular flexibility index (Phi) is 8.63. The molecule has 11 heteroatoms. The number of nitrogens with one attached hydrogen (secondary N) is 2. The molecule has 2 fully saturated rings. The number of amides is 1. The molecule has 8 nitrogen and oxygen atoms in total. The van der Waals surface area contributed by atoms with E-state index >= 15 is 0 Å². The van der Waals surface area contributed by atoms with E-state index in [2.05, 4.69) is 20.9 Å². The number of ether oxygens (including phenoxy) is 1. The molecule has 0 atom stereocenters. The van der Waals surface area contributed by atoms with Crippen LogP contribution >= 0.6 is 24.8 Å². The van der Waals surface area contributed by atoms with Crippen LogP contribution in [0, 0.1) is 5.82 Å². The van der Waals surface area contributed by atoms with Gasteiger partial charge in [0.15, 0.2) is 5.69 Å². The van der Waals surface area contributed by atoms with Gasteiger partial charge in [-0.3, -0.25) is 4.79 Å². The quantitative estimate of drug-likeness (QED) is 0.749. The van der Waals surface area contributed by atoms with Gasteiger partial charge in [-0.05, 0) is 44.1 Å². The molecule has 0 saturated carbocycles. The van der Waals surface area contributed by atoms with E-state index in [1.54, 1.807) is 16.9 Å². The van der Waals surface area contributed by atoms with Crippen molar-refractivity contribution < 1.29 is 13.9 Å². The zero-order valence-electron chi connectivity index (χ0n) is 15.8. The molecule has 2 aromatic rings. The highest BCUT2D eigenvalue weighted by Crippen LogP contribution is 2.23. The second kappa shape index (κ2) is 10.7. The summed E-state index contributed by atoms with van der Waals surface area (Å²) in [5.41, 5.74) is 1.36. The van der Waals surface area contributed by atoms with Crippen molar-refractivity contribution in [1.29, 1.82) is 0 Å². The predicted molar refractivity (Wildman–Crippen MR) is 113 cm³/mol. The summed E-state index contributed by atoms with van der Waals surface area (Å²) < 4.78 is 21.1. The summed E-state index contributed by atoms with van der Waals surface area (Å²) in [5.74, 6) is -0.790. The van der Waals surface area contributed by atoms with Gasteiger partial charge in [-0.15, -0.1) is 29.9 Å². The van der Waals surface area contributed by atoms with Gasteiger partial charge in [0.25, 0.3) is 5.91 Å². The highest BCUT2D eigenvalue weighted by atomic mass is 35.5. The Morgan fingerprint density at radius 3 is 2.62 bits per heavy atom. The highest BCUT2D eigenvalue weighted by Gasteiger charge is 2.19. The van der Waals surface area contributed by atoms with Crippen LogP contribution in [0.1, 0.15) is 29.4 Å². The number of halogens is 3. The van der Waals surface area contributed by atoms with Crippen LogP contribution in [-0.4, -0.2) is 60.3 Å². The molecule has 1 aromatic carbocycles. The fraction of sp³-hybridized carbons (Fsp3) is 0.500. The van der Waals surface area contributed by atoms with Crippen LogP contribution in [-0.2, 0) is 4.74 Å². The Hall–Kier alpha value is -1.94. The minimum Gasteiger partial charge on any atom is -0.378 e. The second-order valence-corrected chi connectivity index (χ2v) is 6.82. The molecule has 2 saturated heterocycles. The first-order valence-electron chi connectivity index (χ1n) is 9.26. The molecule has 29 heavy (non-hydrogen) atoms. The van der Waals surface area contributed by atoms with E-state index in [0.29, 0.717) is 32.0 Å². The number of rotatable bonds is 4. The maximum absolute atomic E-state index is 14.0. The Morgan fingerprint density at radius 1 is 1.17 bits per heavy atom. The Bertz CT molecular complexity index is 809. The van der Waals surface area contributed by atoms with E-state index in [0.717, 1.165) is 31.6 Å². The van der Waals surface area contributed by atoms with Gasteiger partial charge in [0.05, 0.1) is 25.5 Å². The van der Waals surface area contributed by atoms with Gasteiger partial charge in [0.2, 0.25) is 0 Å². The minimum atomic E-state index is -0.396. The lowest BCUT2D eigenvalue weighted by Gasteiger charge is -2.29. The largest absolute Gasteiger partial charge is 0.378 e. The number of piperidine rings is 1. The number of benzene rings is 1. The number of hydrogen-bond donors (Lipinski definition) is 2. The average molecular weight is 447 g/mol. The smallest absolute Gasteiger partial charge is 0.277 e. The van der Waals surface area contributed by atoms with Crippen molar-refractivity contribution in [2.45, 2.75) is 18.9 Å². The molecule has 3 heterocycles. The zero-order valence-corrected chi connectivity index (χ0v) is 17.5. The van der Waals surface area contributed by atoms with Crippen LogP contribution in [0.4, 0.5) is 15.8 Å². The molecule has 0 bridgehead atoms. The third-order valence-corrected chi connectivity index (χ3v) is 4.94. The van der Waals surface area contributed by atoms with Gasteiger partial charge < -0.3 is 20.3 Å². The van der Waals surface area contributed by atoms with E-state index in [4.69, 9.17) is 4.74 Å². The van der Waals surface area contributed by atoms with Crippen LogP contribution in [0.3, 0.4) is 0 Å². The summed E-state index contributed by atoms with van der Waals surface area (Å²) in [6.45, 7) is 4.47. The van der Waals surface area contributed by atoms with Crippen LogP contribution in [0.2, 0.25) is 0 Å². The van der Waals surface area contributed by atoms with E-state index in [1.807, 2.05) is 4.90 Å². The first kappa shape index (κ1) is 23.3. The number of anilines is 2. The molecule has 1 amide bonds. The molecule has 0 spiro atoms. The molecular weight excluding hydrogens is 422 g/mol. The fourth-order valence-corrected chi connectivity index (χ4v) is 3.48. The minimum absolute atomic E-state index is 0. The van der Waals surface area contributed by atoms with E-state index < -0.39 is 11.7 Å². The number of morpholine rings is 1. The van der Waals surface area contributed by atoms with E-state index in [9.17, 15) is 9.18 Å². The lowest BCUT2D eigenvalue weighted by molar-refractivity contribution is 0.102. The zero-order chi connectivity index (χ0) is 18.6. The van der Waals surface area contributed by atoms with Crippen LogP contribution in [0.25, 0.3) is 0 Å². The van der Waals surface area contributed by atoms with Gasteiger partial charge >= 0.3 is 0 Å². The lowest BCUT2D eigenvalue weighted by Crippen LogP contribution is -2.36. The van der Waals surface area contributed by atoms with Crippen LogP contribution in [0.5, 0.6) is 0 Å². The summed E-state index contributed by atoms with van der Waals surface area (Å²) in [6, 6.07) is 4.79. The number of carbonyl (C=O) groups excluding carboxylic acids is 1. The maximum atomic E-state index is 14.0. The summed E-state index contributed by atoms with van der Waals surface area (Å²) in [4.78, 5) is 14.6. The van der Waals surface area contributed by atoms with Crippen molar-refractivity contribution in [1.82, 2.24) is 20.3 Å². The SMILES string of the molecule is Cl.Cl.O=C(Nc1cc(F)cc(N2CCOCC2)c1)c1cn(C2CCNCC2)nn1. The Morgan fingerprint density at radius 2 is 1.90 bits per heavy atom. The van der Waals surface area contributed by atoms with Gasteiger partial charge in [0.1, 0.15) is 5.82 Å². The van der Waals surface area contributed by atoms with Crippen molar-refractivity contribution >= 4 is 42.1 Å². The normalized spacial score (nSPS) is 17.2. The Labute approximate surface area is 181 Å². The predicted octanol–water partition coefficient (Wildman–Crippen LogP) is 2.27. The second-order valence-electron chi connectivity index (χ2n) is 6.82. The van der Waals surface area contributed by atoms with Gasteiger partial charge in [-0.1, -0.05) is 5.21 Å². The van der Waals surface area contributed by atoms with E-state index in [1.165, 1.54) is 12.1 Å². The molecule has 2 aliphatic heterocycles. The van der Waals surface area contributed by atoms with Crippen molar-refractivity contribution in [3.8, 4) is 0 Å². The van der Waals surface area contributed by atoms with E-state index in [-0.39, 0.29) is 36.5 Å². The summed E-state index contributed by atoms with van der Waals surface area (Å²) >= 11 is 0.